The maximum atomic E-state index is 12.8. The predicted molar refractivity (Wildman–Crippen MR) is 101 cm³/mol. The number of aromatic amines is 1. The van der Waals surface area contributed by atoms with Gasteiger partial charge in [-0.25, -0.2) is 4.98 Å². The van der Waals surface area contributed by atoms with Crippen LogP contribution in [0.1, 0.15) is 18.0 Å². The first kappa shape index (κ1) is 18.0. The third kappa shape index (κ3) is 3.53. The molecule has 144 valence electrons. The molecule has 1 aliphatic rings. The molecule has 28 heavy (non-hydrogen) atoms. The quantitative estimate of drug-likeness (QED) is 0.724. The second kappa shape index (κ2) is 7.30. The Labute approximate surface area is 160 Å². The van der Waals surface area contributed by atoms with Gasteiger partial charge in [0.2, 0.25) is 11.8 Å². The van der Waals surface area contributed by atoms with Crippen LogP contribution < -0.4 is 5.56 Å². The fourth-order valence-electron chi connectivity index (χ4n) is 3.51. The molecule has 1 aliphatic heterocycles. The van der Waals surface area contributed by atoms with E-state index in [1.165, 1.54) is 4.90 Å². The van der Waals surface area contributed by atoms with E-state index in [0.29, 0.717) is 35.6 Å². The van der Waals surface area contributed by atoms with Crippen molar-refractivity contribution in [2.45, 2.75) is 19.5 Å². The molecular weight excluding hydrogens is 360 g/mol. The molecule has 2 aromatic heterocycles. The number of nitrogens with zero attached hydrogens (tertiary/aromatic N) is 3. The Morgan fingerprint density at radius 3 is 2.89 bits per heavy atom. The van der Waals surface area contributed by atoms with E-state index in [0.717, 1.165) is 0 Å². The van der Waals surface area contributed by atoms with Gasteiger partial charge in [0.05, 0.1) is 36.2 Å². The highest BCUT2D eigenvalue weighted by Crippen LogP contribution is 2.22. The van der Waals surface area contributed by atoms with Crippen LogP contribution in [0.3, 0.4) is 0 Å². The number of aromatic nitrogens is 2. The molecule has 1 N–H and O–H groups in total. The van der Waals surface area contributed by atoms with Crippen LogP contribution >= 0.6 is 0 Å². The summed E-state index contributed by atoms with van der Waals surface area (Å²) >= 11 is 0. The summed E-state index contributed by atoms with van der Waals surface area (Å²) in [5, 5.41) is 0.509. The number of carbonyl (C=O) groups is 2. The lowest BCUT2D eigenvalue weighted by molar-refractivity contribution is -0.135. The number of hydrogen-bond acceptors (Lipinski definition) is 5. The van der Waals surface area contributed by atoms with Gasteiger partial charge in [0.1, 0.15) is 11.6 Å². The van der Waals surface area contributed by atoms with E-state index in [9.17, 15) is 14.4 Å². The largest absolute Gasteiger partial charge is 0.467 e. The number of para-hydroxylation sites is 1. The summed E-state index contributed by atoms with van der Waals surface area (Å²) < 4.78 is 5.28. The molecule has 0 unspecified atom stereocenters. The van der Waals surface area contributed by atoms with Gasteiger partial charge >= 0.3 is 0 Å². The van der Waals surface area contributed by atoms with Crippen molar-refractivity contribution in [3.63, 3.8) is 0 Å². The monoisotopic (exact) mass is 380 g/mol. The number of likely N-dealkylation sites (tertiary alicyclic amines) is 1. The van der Waals surface area contributed by atoms with Crippen molar-refractivity contribution >= 4 is 22.7 Å². The van der Waals surface area contributed by atoms with E-state index in [2.05, 4.69) is 9.97 Å². The van der Waals surface area contributed by atoms with Crippen LogP contribution in [-0.2, 0) is 22.7 Å². The zero-order valence-electron chi connectivity index (χ0n) is 15.4. The molecule has 0 spiro atoms. The molecule has 8 nitrogen and oxygen atoms in total. The molecule has 3 aromatic rings. The molecule has 0 aliphatic carbocycles. The van der Waals surface area contributed by atoms with E-state index in [-0.39, 0.29) is 30.3 Å². The molecular formula is C20H20N4O4. The lowest BCUT2D eigenvalue weighted by atomic mass is 10.1. The van der Waals surface area contributed by atoms with Crippen LogP contribution in [-0.4, -0.2) is 45.2 Å². The van der Waals surface area contributed by atoms with Crippen molar-refractivity contribution in [2.24, 2.45) is 5.92 Å². The van der Waals surface area contributed by atoms with Crippen molar-refractivity contribution in [3.8, 4) is 0 Å². The summed E-state index contributed by atoms with van der Waals surface area (Å²) in [4.78, 5) is 47.5. The molecule has 1 atom stereocenters. The topological polar surface area (TPSA) is 99.5 Å². The van der Waals surface area contributed by atoms with Crippen LogP contribution in [0.5, 0.6) is 0 Å². The van der Waals surface area contributed by atoms with Crippen molar-refractivity contribution in [3.05, 3.63) is 64.6 Å². The van der Waals surface area contributed by atoms with Gasteiger partial charge in [0, 0.05) is 20.0 Å². The predicted octanol–water partition coefficient (Wildman–Crippen LogP) is 1.52. The fourth-order valence-corrected chi connectivity index (χ4v) is 3.51. The summed E-state index contributed by atoms with van der Waals surface area (Å²) in [5.74, 6) is 0.468. The Morgan fingerprint density at radius 1 is 1.29 bits per heavy atom. The van der Waals surface area contributed by atoms with Gasteiger partial charge in [-0.1, -0.05) is 12.1 Å². The molecule has 0 bridgehead atoms. The highest BCUT2D eigenvalue weighted by atomic mass is 16.3. The maximum absolute atomic E-state index is 12.8. The second-order valence-corrected chi connectivity index (χ2v) is 6.98. The summed E-state index contributed by atoms with van der Waals surface area (Å²) in [6.07, 6.45) is 1.73. The summed E-state index contributed by atoms with van der Waals surface area (Å²) in [7, 11) is 1.65. The number of fused-ring (bicyclic) bond motifs is 1. The molecule has 8 heteroatoms. The minimum absolute atomic E-state index is 0.0691. The van der Waals surface area contributed by atoms with Gasteiger partial charge in [0.15, 0.2) is 0 Å². The standard InChI is InChI=1S/C20H20N4O4/c1-23(12-17-21-16-7-3-2-6-15(16)19(26)22-17)20(27)13-9-18(25)24(10-13)11-14-5-4-8-28-14/h2-8,13H,9-12H2,1H3,(H,21,22,26)/t13-/m0/s1. The van der Waals surface area contributed by atoms with E-state index >= 15 is 0 Å². The second-order valence-electron chi connectivity index (χ2n) is 6.98. The van der Waals surface area contributed by atoms with E-state index in [1.54, 1.807) is 48.5 Å². The molecule has 2 amide bonds. The SMILES string of the molecule is CN(Cc1nc2ccccc2c(=O)[nH]1)C(=O)[C@H]1CC(=O)N(Cc2ccco2)C1. The molecule has 0 radical (unpaired) electrons. The van der Waals surface area contributed by atoms with Crippen LogP contribution in [0.15, 0.2) is 51.9 Å². The smallest absolute Gasteiger partial charge is 0.258 e. The Bertz CT molecular complexity index is 1070. The minimum Gasteiger partial charge on any atom is -0.467 e. The summed E-state index contributed by atoms with van der Waals surface area (Å²) in [6.45, 7) is 0.880. The van der Waals surface area contributed by atoms with Gasteiger partial charge in [-0.3, -0.25) is 14.4 Å². The van der Waals surface area contributed by atoms with Crippen molar-refractivity contribution in [1.82, 2.24) is 19.8 Å². The molecule has 0 saturated carbocycles. The molecule has 4 rings (SSSR count). The summed E-state index contributed by atoms with van der Waals surface area (Å²) in [5.41, 5.74) is 0.352. The highest BCUT2D eigenvalue weighted by molar-refractivity contribution is 5.89. The van der Waals surface area contributed by atoms with Gasteiger partial charge in [-0.05, 0) is 24.3 Å². The molecule has 1 saturated heterocycles. The average Bonchev–Trinajstić information content (AvgIpc) is 3.31. The maximum Gasteiger partial charge on any atom is 0.258 e. The number of nitrogens with one attached hydrogen (secondary N) is 1. The lowest BCUT2D eigenvalue weighted by Gasteiger charge is -2.21. The average molecular weight is 380 g/mol. The highest BCUT2D eigenvalue weighted by Gasteiger charge is 2.36. The Hall–Kier alpha value is -3.42. The zero-order valence-corrected chi connectivity index (χ0v) is 15.4. The Kier molecular flexibility index (Phi) is 4.68. The first-order valence-corrected chi connectivity index (χ1v) is 9.04. The van der Waals surface area contributed by atoms with Gasteiger partial charge in [0.25, 0.3) is 5.56 Å². The van der Waals surface area contributed by atoms with Gasteiger partial charge in [-0.15, -0.1) is 0 Å². The Morgan fingerprint density at radius 2 is 2.11 bits per heavy atom. The number of furan rings is 1. The lowest BCUT2D eigenvalue weighted by Crippen LogP contribution is -2.35. The number of benzene rings is 1. The number of amides is 2. The van der Waals surface area contributed by atoms with E-state index in [1.807, 2.05) is 6.07 Å². The first-order valence-electron chi connectivity index (χ1n) is 9.04. The van der Waals surface area contributed by atoms with Gasteiger partial charge in [-0.2, -0.15) is 0 Å². The van der Waals surface area contributed by atoms with Crippen LogP contribution in [0, 0.1) is 5.92 Å². The van der Waals surface area contributed by atoms with Crippen LogP contribution in [0.25, 0.3) is 10.9 Å². The fraction of sp³-hybridized carbons (Fsp3) is 0.300. The van der Waals surface area contributed by atoms with Crippen molar-refractivity contribution in [1.29, 1.82) is 0 Å². The minimum atomic E-state index is -0.417. The van der Waals surface area contributed by atoms with Gasteiger partial charge < -0.3 is 19.2 Å². The summed E-state index contributed by atoms with van der Waals surface area (Å²) in [6, 6.07) is 10.6. The van der Waals surface area contributed by atoms with Crippen LogP contribution in [0.2, 0.25) is 0 Å². The number of H-pyrrole nitrogens is 1. The van der Waals surface area contributed by atoms with E-state index < -0.39 is 5.92 Å². The third-order valence-electron chi connectivity index (χ3n) is 4.92. The number of rotatable bonds is 5. The molecule has 3 heterocycles. The number of hydrogen-bond donors (Lipinski definition) is 1. The third-order valence-corrected chi connectivity index (χ3v) is 4.92. The zero-order chi connectivity index (χ0) is 19.7. The normalized spacial score (nSPS) is 16.7. The van der Waals surface area contributed by atoms with E-state index in [4.69, 9.17) is 4.42 Å². The van der Waals surface area contributed by atoms with Crippen LogP contribution in [0.4, 0.5) is 0 Å². The first-order chi connectivity index (χ1) is 13.5. The Balaban J connectivity index is 1.44. The number of carbonyl (C=O) groups excluding carboxylic acids is 2. The molecule has 1 fully saturated rings. The van der Waals surface area contributed by atoms with Crippen molar-refractivity contribution < 1.29 is 14.0 Å². The van der Waals surface area contributed by atoms with Crippen molar-refractivity contribution in [2.75, 3.05) is 13.6 Å². The molecule has 1 aromatic carbocycles.